The zero-order valence-corrected chi connectivity index (χ0v) is 13.7. The molecule has 1 aliphatic heterocycles. The van der Waals surface area contributed by atoms with Crippen molar-refractivity contribution in [3.05, 3.63) is 38.9 Å². The van der Waals surface area contributed by atoms with Crippen LogP contribution in [-0.2, 0) is 11.8 Å². The highest BCUT2D eigenvalue weighted by Gasteiger charge is 2.15. The Labute approximate surface area is 138 Å². The molecule has 1 aliphatic rings. The Hall–Kier alpha value is -1.99. The lowest BCUT2D eigenvalue weighted by Gasteiger charge is -2.10. The summed E-state index contributed by atoms with van der Waals surface area (Å²) in [4.78, 5) is 27.3. The van der Waals surface area contributed by atoms with E-state index >= 15 is 0 Å². The minimum absolute atomic E-state index is 0.162. The molecule has 2 N–H and O–H groups in total. The maximum atomic E-state index is 12.2. The number of carbonyl (C=O) groups is 1. The summed E-state index contributed by atoms with van der Waals surface area (Å²) in [5, 5.41) is 3.40. The van der Waals surface area contributed by atoms with E-state index in [2.05, 4.69) is 10.3 Å². The standard InChI is InChI=1S/C16H19N3O3S/c1-19-15(21)12-5-4-10(9-13(12)18-16(19)23)14(20)17-7-6-11-3-2-8-22-11/h4-5,9,11H,2-3,6-8H2,1H3,(H,17,20)(H,18,23)/t11-/m0/s1. The molecule has 2 heterocycles. The van der Waals surface area contributed by atoms with E-state index in [1.807, 2.05) is 0 Å². The van der Waals surface area contributed by atoms with Gasteiger partial charge in [-0.2, -0.15) is 0 Å². The van der Waals surface area contributed by atoms with Gasteiger partial charge in [0.25, 0.3) is 11.5 Å². The predicted molar refractivity (Wildman–Crippen MR) is 90.3 cm³/mol. The lowest BCUT2D eigenvalue weighted by molar-refractivity contribution is 0.0907. The van der Waals surface area contributed by atoms with Gasteiger partial charge in [-0.05, 0) is 49.7 Å². The molecule has 122 valence electrons. The lowest BCUT2D eigenvalue weighted by atomic mass is 10.1. The third-order valence-electron chi connectivity index (χ3n) is 4.14. The van der Waals surface area contributed by atoms with E-state index < -0.39 is 0 Å². The van der Waals surface area contributed by atoms with Gasteiger partial charge < -0.3 is 15.0 Å². The van der Waals surface area contributed by atoms with Crippen LogP contribution >= 0.6 is 12.2 Å². The molecule has 0 aliphatic carbocycles. The molecule has 2 aromatic rings. The van der Waals surface area contributed by atoms with Gasteiger partial charge in [0.15, 0.2) is 4.77 Å². The second kappa shape index (κ2) is 6.64. The lowest BCUT2D eigenvalue weighted by Crippen LogP contribution is -2.27. The fourth-order valence-electron chi connectivity index (χ4n) is 2.77. The molecule has 1 atom stereocenters. The Kier molecular flexibility index (Phi) is 4.58. The molecule has 1 aromatic heterocycles. The van der Waals surface area contributed by atoms with Crippen LogP contribution in [0.2, 0.25) is 0 Å². The van der Waals surface area contributed by atoms with Crippen LogP contribution < -0.4 is 10.9 Å². The summed E-state index contributed by atoms with van der Waals surface area (Å²) in [5.41, 5.74) is 0.905. The van der Waals surface area contributed by atoms with E-state index in [4.69, 9.17) is 17.0 Å². The molecule has 0 unspecified atom stereocenters. The summed E-state index contributed by atoms with van der Waals surface area (Å²) in [6, 6.07) is 4.97. The Morgan fingerprint density at radius 1 is 1.52 bits per heavy atom. The van der Waals surface area contributed by atoms with E-state index in [1.165, 1.54) is 4.57 Å². The number of amides is 1. The maximum Gasteiger partial charge on any atom is 0.261 e. The molecule has 23 heavy (non-hydrogen) atoms. The normalized spacial score (nSPS) is 17.5. The van der Waals surface area contributed by atoms with E-state index in [9.17, 15) is 9.59 Å². The van der Waals surface area contributed by atoms with E-state index in [0.717, 1.165) is 25.9 Å². The van der Waals surface area contributed by atoms with Crippen molar-refractivity contribution in [3.63, 3.8) is 0 Å². The summed E-state index contributed by atoms with van der Waals surface area (Å²) in [5.74, 6) is -0.162. The van der Waals surface area contributed by atoms with Gasteiger partial charge in [-0.25, -0.2) is 0 Å². The van der Waals surface area contributed by atoms with Crippen LogP contribution in [0.15, 0.2) is 23.0 Å². The average molecular weight is 333 g/mol. The number of nitrogens with zero attached hydrogens (tertiary/aromatic N) is 1. The van der Waals surface area contributed by atoms with E-state index in [1.54, 1.807) is 25.2 Å². The highest BCUT2D eigenvalue weighted by molar-refractivity contribution is 7.71. The Bertz CT molecular complexity index is 850. The second-order valence-electron chi connectivity index (χ2n) is 5.73. The molecule has 1 fully saturated rings. The molecule has 0 saturated carbocycles. The van der Waals surface area contributed by atoms with Crippen LogP contribution in [0, 0.1) is 4.77 Å². The fraction of sp³-hybridized carbons (Fsp3) is 0.438. The third-order valence-corrected chi connectivity index (χ3v) is 4.51. The van der Waals surface area contributed by atoms with E-state index in [0.29, 0.717) is 27.8 Å². The Balaban J connectivity index is 1.74. The molecule has 0 radical (unpaired) electrons. The zero-order chi connectivity index (χ0) is 16.4. The van der Waals surface area contributed by atoms with Crippen molar-refractivity contribution in [2.45, 2.75) is 25.4 Å². The number of H-pyrrole nitrogens is 1. The van der Waals surface area contributed by atoms with Crippen LogP contribution in [-0.4, -0.2) is 34.7 Å². The number of fused-ring (bicyclic) bond motifs is 1. The third kappa shape index (κ3) is 3.35. The number of rotatable bonds is 4. The van der Waals surface area contributed by atoms with Crippen molar-refractivity contribution >= 4 is 29.0 Å². The first-order valence-electron chi connectivity index (χ1n) is 7.69. The number of nitrogens with one attached hydrogen (secondary N) is 2. The number of hydrogen-bond acceptors (Lipinski definition) is 4. The van der Waals surface area contributed by atoms with Gasteiger partial charge in [0.2, 0.25) is 0 Å². The molecule has 1 amide bonds. The first kappa shape index (κ1) is 15.9. The van der Waals surface area contributed by atoms with Gasteiger partial charge in [-0.3, -0.25) is 14.2 Å². The van der Waals surface area contributed by atoms with Crippen LogP contribution in [0.5, 0.6) is 0 Å². The first-order valence-corrected chi connectivity index (χ1v) is 8.10. The largest absolute Gasteiger partial charge is 0.378 e. The number of carbonyl (C=O) groups excluding carboxylic acids is 1. The average Bonchev–Trinajstić information content (AvgIpc) is 3.05. The van der Waals surface area contributed by atoms with E-state index in [-0.39, 0.29) is 17.6 Å². The second-order valence-corrected chi connectivity index (χ2v) is 6.12. The van der Waals surface area contributed by atoms with Crippen molar-refractivity contribution in [1.29, 1.82) is 0 Å². The van der Waals surface area contributed by atoms with Crippen molar-refractivity contribution in [1.82, 2.24) is 14.9 Å². The van der Waals surface area contributed by atoms with Crippen LogP contribution in [0.1, 0.15) is 29.6 Å². The fourth-order valence-corrected chi connectivity index (χ4v) is 2.96. The summed E-state index contributed by atoms with van der Waals surface area (Å²) in [6.45, 7) is 1.39. The number of aromatic amines is 1. The van der Waals surface area contributed by atoms with Crippen molar-refractivity contribution in [2.75, 3.05) is 13.2 Å². The molecule has 0 bridgehead atoms. The molecular formula is C16H19N3O3S. The number of benzene rings is 1. The Morgan fingerprint density at radius 2 is 2.35 bits per heavy atom. The molecular weight excluding hydrogens is 314 g/mol. The quantitative estimate of drug-likeness (QED) is 0.838. The molecule has 6 nitrogen and oxygen atoms in total. The number of hydrogen-bond donors (Lipinski definition) is 2. The van der Waals surface area contributed by atoms with Gasteiger partial charge in [0.05, 0.1) is 17.0 Å². The molecule has 7 heteroatoms. The predicted octanol–water partition coefficient (Wildman–Crippen LogP) is 1.89. The summed E-state index contributed by atoms with van der Waals surface area (Å²) in [6.07, 6.45) is 3.23. The number of ether oxygens (including phenoxy) is 1. The van der Waals surface area contributed by atoms with Crippen molar-refractivity contribution in [2.24, 2.45) is 7.05 Å². The molecule has 3 rings (SSSR count). The highest BCUT2D eigenvalue weighted by atomic mass is 32.1. The summed E-state index contributed by atoms with van der Waals surface area (Å²) in [7, 11) is 1.62. The first-order chi connectivity index (χ1) is 11.1. The maximum absolute atomic E-state index is 12.2. The SMILES string of the molecule is Cn1c(=S)[nH]c2cc(C(=O)NCC[C@@H]3CCCO3)ccc2c1=O. The van der Waals surface area contributed by atoms with Gasteiger partial charge in [-0.15, -0.1) is 0 Å². The van der Waals surface area contributed by atoms with Crippen molar-refractivity contribution in [3.8, 4) is 0 Å². The van der Waals surface area contributed by atoms with Gasteiger partial charge in [0, 0.05) is 25.8 Å². The van der Waals surface area contributed by atoms with Crippen LogP contribution in [0.25, 0.3) is 10.9 Å². The highest BCUT2D eigenvalue weighted by Crippen LogP contribution is 2.15. The van der Waals surface area contributed by atoms with Gasteiger partial charge in [-0.1, -0.05) is 0 Å². The monoisotopic (exact) mass is 333 g/mol. The smallest absolute Gasteiger partial charge is 0.261 e. The molecule has 0 spiro atoms. The Morgan fingerprint density at radius 3 is 3.09 bits per heavy atom. The van der Waals surface area contributed by atoms with Gasteiger partial charge in [0.1, 0.15) is 0 Å². The summed E-state index contributed by atoms with van der Waals surface area (Å²) < 4.78 is 7.24. The minimum atomic E-state index is -0.172. The van der Waals surface area contributed by atoms with Gasteiger partial charge >= 0.3 is 0 Å². The summed E-state index contributed by atoms with van der Waals surface area (Å²) >= 11 is 5.10. The minimum Gasteiger partial charge on any atom is -0.378 e. The molecule has 1 saturated heterocycles. The number of aromatic nitrogens is 2. The molecule has 1 aromatic carbocycles. The zero-order valence-electron chi connectivity index (χ0n) is 12.9. The van der Waals surface area contributed by atoms with Crippen molar-refractivity contribution < 1.29 is 9.53 Å². The van der Waals surface area contributed by atoms with Crippen LogP contribution in [0.3, 0.4) is 0 Å². The van der Waals surface area contributed by atoms with Crippen LogP contribution in [0.4, 0.5) is 0 Å². The topological polar surface area (TPSA) is 76.1 Å².